The molecule has 0 amide bonds. The normalized spacial score (nSPS) is 10.8. The quantitative estimate of drug-likeness (QED) is 0.198. The summed E-state index contributed by atoms with van der Waals surface area (Å²) in [6.45, 7) is 0. The van der Waals surface area contributed by atoms with Crippen LogP contribution in [0.25, 0.3) is 55.2 Å². The standard InChI is InChI=1S/C30H18N2.Pt/c1-2-11-27-22(7-1)16-18-32-30(27)25-15-14-21-8-6-12-26(28(21)20-25)23-9-5-10-24(19-23)29-13-3-4-17-31-29;/h1-18H;/q-2;+2. The van der Waals surface area contributed by atoms with E-state index in [1.54, 1.807) is 0 Å². The van der Waals surface area contributed by atoms with Gasteiger partial charge in [0.05, 0.1) is 0 Å². The molecule has 6 aromatic rings. The summed E-state index contributed by atoms with van der Waals surface area (Å²) in [6.07, 6.45) is 3.68. The van der Waals surface area contributed by atoms with Crippen LogP contribution in [0.5, 0.6) is 0 Å². The van der Waals surface area contributed by atoms with Gasteiger partial charge in [-0.1, -0.05) is 76.7 Å². The summed E-state index contributed by atoms with van der Waals surface area (Å²) < 4.78 is 0. The summed E-state index contributed by atoms with van der Waals surface area (Å²) in [5, 5.41) is 4.51. The van der Waals surface area contributed by atoms with Gasteiger partial charge in [0.25, 0.3) is 0 Å². The summed E-state index contributed by atoms with van der Waals surface area (Å²) in [5.41, 5.74) is 5.96. The third kappa shape index (κ3) is 3.99. The number of fused-ring (bicyclic) bond motifs is 2. The van der Waals surface area contributed by atoms with Gasteiger partial charge in [-0.2, -0.15) is 0 Å². The number of hydrogen-bond donors (Lipinski definition) is 0. The zero-order valence-corrected chi connectivity index (χ0v) is 19.9. The fourth-order valence-electron chi connectivity index (χ4n) is 4.19. The van der Waals surface area contributed by atoms with Crippen molar-refractivity contribution >= 4 is 21.5 Å². The number of benzene rings is 4. The predicted octanol–water partition coefficient (Wildman–Crippen LogP) is 7.38. The van der Waals surface area contributed by atoms with Gasteiger partial charge in [0, 0.05) is 23.8 Å². The van der Waals surface area contributed by atoms with E-state index >= 15 is 0 Å². The molecule has 0 fully saturated rings. The molecule has 4 aromatic carbocycles. The molecule has 0 aliphatic heterocycles. The first-order valence-electron chi connectivity index (χ1n) is 10.6. The Bertz CT molecular complexity index is 1570. The Morgan fingerprint density at radius 3 is 2.24 bits per heavy atom. The van der Waals surface area contributed by atoms with E-state index in [2.05, 4.69) is 83.8 Å². The van der Waals surface area contributed by atoms with Crippen molar-refractivity contribution in [2.75, 3.05) is 0 Å². The van der Waals surface area contributed by atoms with Crippen LogP contribution < -0.4 is 0 Å². The fourth-order valence-corrected chi connectivity index (χ4v) is 4.19. The van der Waals surface area contributed by atoms with Gasteiger partial charge in [0.1, 0.15) is 0 Å². The van der Waals surface area contributed by atoms with Crippen molar-refractivity contribution in [2.45, 2.75) is 0 Å². The fraction of sp³-hybridized carbons (Fsp3) is 0. The summed E-state index contributed by atoms with van der Waals surface area (Å²) >= 11 is 0. The maximum absolute atomic E-state index is 4.69. The molecule has 3 heteroatoms. The van der Waals surface area contributed by atoms with Crippen molar-refractivity contribution < 1.29 is 21.1 Å². The van der Waals surface area contributed by atoms with Crippen LogP contribution in [-0.4, -0.2) is 9.97 Å². The SMILES string of the molecule is [Pt+2].[c-]1c(-c2ccccn2)cccc1-c1cccc2ccc(-c3nccc4ccccc34)[c-]c12. The van der Waals surface area contributed by atoms with Gasteiger partial charge in [-0.25, -0.2) is 0 Å². The molecular formula is C30H18N2Pt. The van der Waals surface area contributed by atoms with Crippen LogP contribution >= 0.6 is 0 Å². The van der Waals surface area contributed by atoms with Crippen molar-refractivity contribution in [3.8, 4) is 33.6 Å². The smallest absolute Gasteiger partial charge is 0.295 e. The maximum atomic E-state index is 4.69. The minimum absolute atomic E-state index is 0. The van der Waals surface area contributed by atoms with E-state index in [0.717, 1.165) is 49.8 Å². The van der Waals surface area contributed by atoms with E-state index in [9.17, 15) is 0 Å². The average Bonchev–Trinajstić information content (AvgIpc) is 2.88. The molecule has 158 valence electrons. The molecular weight excluding hydrogens is 583 g/mol. The Morgan fingerprint density at radius 2 is 1.33 bits per heavy atom. The third-order valence-electron chi connectivity index (χ3n) is 5.74. The second-order valence-corrected chi connectivity index (χ2v) is 7.72. The number of nitrogens with zero attached hydrogens (tertiary/aromatic N) is 2. The third-order valence-corrected chi connectivity index (χ3v) is 5.74. The monoisotopic (exact) mass is 601 g/mol. The molecule has 0 unspecified atom stereocenters. The number of rotatable bonds is 3. The number of hydrogen-bond acceptors (Lipinski definition) is 2. The largest absolute Gasteiger partial charge is 2.00 e. The predicted molar refractivity (Wildman–Crippen MR) is 131 cm³/mol. The van der Waals surface area contributed by atoms with Crippen molar-refractivity contribution in [1.82, 2.24) is 9.97 Å². The van der Waals surface area contributed by atoms with E-state index in [0.29, 0.717) is 0 Å². The summed E-state index contributed by atoms with van der Waals surface area (Å²) in [7, 11) is 0. The van der Waals surface area contributed by atoms with Crippen LogP contribution in [0, 0.1) is 12.1 Å². The molecule has 0 saturated carbocycles. The van der Waals surface area contributed by atoms with Crippen LogP contribution in [0.1, 0.15) is 0 Å². The van der Waals surface area contributed by atoms with Gasteiger partial charge in [-0.15, -0.1) is 53.4 Å². The summed E-state index contributed by atoms with van der Waals surface area (Å²) in [6, 6.07) is 40.3. The molecule has 0 atom stereocenters. The number of aromatic nitrogens is 2. The maximum Gasteiger partial charge on any atom is 2.00 e. The molecule has 2 aromatic heterocycles. The van der Waals surface area contributed by atoms with E-state index in [1.165, 1.54) is 5.39 Å². The van der Waals surface area contributed by atoms with Crippen molar-refractivity contribution in [2.24, 2.45) is 0 Å². The molecule has 2 heterocycles. The number of pyridine rings is 2. The van der Waals surface area contributed by atoms with Gasteiger partial charge in [0.2, 0.25) is 0 Å². The molecule has 0 aliphatic carbocycles. The van der Waals surface area contributed by atoms with E-state index in [1.807, 2.05) is 42.7 Å². The zero-order chi connectivity index (χ0) is 21.3. The molecule has 0 saturated heterocycles. The Hall–Kier alpha value is -3.61. The van der Waals surface area contributed by atoms with E-state index < -0.39 is 0 Å². The van der Waals surface area contributed by atoms with Crippen molar-refractivity contribution in [3.63, 3.8) is 0 Å². The van der Waals surface area contributed by atoms with E-state index in [4.69, 9.17) is 4.98 Å². The molecule has 0 spiro atoms. The van der Waals surface area contributed by atoms with Crippen molar-refractivity contribution in [3.05, 3.63) is 122 Å². The van der Waals surface area contributed by atoms with Crippen LogP contribution in [-0.2, 0) is 21.1 Å². The van der Waals surface area contributed by atoms with Crippen LogP contribution in [0.15, 0.2) is 109 Å². The average molecular weight is 602 g/mol. The Labute approximate surface area is 207 Å². The molecule has 0 aliphatic rings. The summed E-state index contributed by atoms with van der Waals surface area (Å²) in [5.74, 6) is 0. The molecule has 2 nitrogen and oxygen atoms in total. The zero-order valence-electron chi connectivity index (χ0n) is 17.6. The Morgan fingerprint density at radius 1 is 0.515 bits per heavy atom. The molecule has 0 radical (unpaired) electrons. The van der Waals surface area contributed by atoms with Crippen LogP contribution in [0.4, 0.5) is 0 Å². The van der Waals surface area contributed by atoms with Crippen LogP contribution in [0.2, 0.25) is 0 Å². The first kappa shape index (κ1) is 21.2. The van der Waals surface area contributed by atoms with E-state index in [-0.39, 0.29) is 21.1 Å². The van der Waals surface area contributed by atoms with Gasteiger partial charge >= 0.3 is 21.1 Å². The second kappa shape index (κ2) is 9.09. The Balaban J connectivity index is 0.00000228. The first-order valence-corrected chi connectivity index (χ1v) is 10.6. The van der Waals surface area contributed by atoms with Crippen LogP contribution in [0.3, 0.4) is 0 Å². The minimum Gasteiger partial charge on any atom is -0.295 e. The molecule has 0 bridgehead atoms. The molecule has 0 N–H and O–H groups in total. The topological polar surface area (TPSA) is 25.8 Å². The van der Waals surface area contributed by atoms with Crippen molar-refractivity contribution in [1.29, 1.82) is 0 Å². The van der Waals surface area contributed by atoms with Gasteiger partial charge in [0.15, 0.2) is 0 Å². The van der Waals surface area contributed by atoms with Gasteiger partial charge < -0.3 is 0 Å². The minimum atomic E-state index is 0. The van der Waals surface area contributed by atoms with Gasteiger partial charge in [-0.3, -0.25) is 9.97 Å². The summed E-state index contributed by atoms with van der Waals surface area (Å²) in [4.78, 5) is 9.17. The van der Waals surface area contributed by atoms with Gasteiger partial charge in [-0.05, 0) is 22.9 Å². The second-order valence-electron chi connectivity index (χ2n) is 7.72. The molecule has 6 rings (SSSR count). The first-order chi connectivity index (χ1) is 15.9. The molecule has 33 heavy (non-hydrogen) atoms. The Kier molecular flexibility index (Phi) is 5.86.